The van der Waals surface area contributed by atoms with Crippen molar-refractivity contribution in [3.05, 3.63) is 34.9 Å². The molecule has 20 heavy (non-hydrogen) atoms. The van der Waals surface area contributed by atoms with Gasteiger partial charge in [-0.2, -0.15) is 0 Å². The molecule has 0 bridgehead atoms. The van der Waals surface area contributed by atoms with Gasteiger partial charge in [-0.1, -0.05) is 30.2 Å². The molecule has 0 spiro atoms. The van der Waals surface area contributed by atoms with Crippen molar-refractivity contribution in [1.29, 1.82) is 0 Å². The van der Waals surface area contributed by atoms with Gasteiger partial charge < -0.3 is 10.4 Å². The largest absolute Gasteiger partial charge is 0.481 e. The van der Waals surface area contributed by atoms with Crippen LogP contribution in [0.2, 0.25) is 0 Å². The third-order valence-electron chi connectivity index (χ3n) is 4.98. The van der Waals surface area contributed by atoms with Crippen molar-refractivity contribution in [3.8, 4) is 0 Å². The zero-order valence-corrected chi connectivity index (χ0v) is 12.1. The maximum atomic E-state index is 11.2. The zero-order valence-electron chi connectivity index (χ0n) is 12.1. The van der Waals surface area contributed by atoms with Crippen molar-refractivity contribution in [3.63, 3.8) is 0 Å². The molecule has 3 unspecified atom stereocenters. The highest BCUT2D eigenvalue weighted by Crippen LogP contribution is 2.35. The van der Waals surface area contributed by atoms with E-state index in [0.29, 0.717) is 12.0 Å². The Morgan fingerprint density at radius 3 is 3.00 bits per heavy atom. The van der Waals surface area contributed by atoms with Crippen LogP contribution in [0, 0.1) is 18.8 Å². The first-order chi connectivity index (χ1) is 9.65. The lowest BCUT2D eigenvalue weighted by Gasteiger charge is -2.20. The van der Waals surface area contributed by atoms with E-state index < -0.39 is 5.97 Å². The molecule has 0 heterocycles. The molecule has 0 amide bonds. The highest BCUT2D eigenvalue weighted by molar-refractivity contribution is 5.70. The first-order valence-electron chi connectivity index (χ1n) is 7.71. The molecule has 2 N–H and O–H groups in total. The van der Waals surface area contributed by atoms with Crippen LogP contribution in [0.4, 0.5) is 0 Å². The van der Waals surface area contributed by atoms with Crippen LogP contribution in [0.25, 0.3) is 0 Å². The van der Waals surface area contributed by atoms with Gasteiger partial charge in [0.15, 0.2) is 0 Å². The minimum atomic E-state index is -0.614. The second kappa shape index (κ2) is 5.57. The van der Waals surface area contributed by atoms with Crippen LogP contribution in [0.15, 0.2) is 18.2 Å². The quantitative estimate of drug-likeness (QED) is 0.886. The van der Waals surface area contributed by atoms with Gasteiger partial charge in [-0.05, 0) is 56.2 Å². The molecule has 0 saturated heterocycles. The van der Waals surface area contributed by atoms with Crippen LogP contribution in [-0.4, -0.2) is 17.6 Å². The van der Waals surface area contributed by atoms with E-state index in [9.17, 15) is 9.90 Å². The molecule has 108 valence electrons. The number of hydrogen-bond donors (Lipinski definition) is 2. The van der Waals surface area contributed by atoms with Gasteiger partial charge in [0.1, 0.15) is 0 Å². The number of aliphatic carboxylic acids is 1. The molecule has 1 saturated carbocycles. The van der Waals surface area contributed by atoms with Crippen LogP contribution in [0.3, 0.4) is 0 Å². The van der Waals surface area contributed by atoms with E-state index in [1.165, 1.54) is 16.7 Å². The Labute approximate surface area is 120 Å². The summed E-state index contributed by atoms with van der Waals surface area (Å²) in [7, 11) is 0. The second-order valence-corrected chi connectivity index (χ2v) is 6.34. The molecular formula is C17H23NO2. The number of nitrogens with one attached hydrogen (secondary N) is 1. The van der Waals surface area contributed by atoms with Gasteiger partial charge in [0.05, 0.1) is 5.92 Å². The summed E-state index contributed by atoms with van der Waals surface area (Å²) >= 11 is 0. The normalized spacial score (nSPS) is 28.6. The number of rotatable bonds is 4. The number of carbonyl (C=O) groups is 1. The average Bonchev–Trinajstić information content (AvgIpc) is 3.02. The Kier molecular flexibility index (Phi) is 3.79. The Balaban J connectivity index is 1.63. The zero-order chi connectivity index (χ0) is 14.1. The van der Waals surface area contributed by atoms with Gasteiger partial charge in [0.25, 0.3) is 0 Å². The fraction of sp³-hybridized carbons (Fsp3) is 0.588. The van der Waals surface area contributed by atoms with E-state index in [1.807, 2.05) is 0 Å². The first-order valence-corrected chi connectivity index (χ1v) is 7.71. The average molecular weight is 273 g/mol. The van der Waals surface area contributed by atoms with Crippen molar-refractivity contribution in [2.45, 2.75) is 45.1 Å². The first kappa shape index (κ1) is 13.6. The number of benzene rings is 1. The van der Waals surface area contributed by atoms with Crippen molar-refractivity contribution < 1.29 is 9.90 Å². The maximum absolute atomic E-state index is 11.2. The minimum absolute atomic E-state index is 0.138. The molecule has 3 atom stereocenters. The van der Waals surface area contributed by atoms with Crippen LogP contribution >= 0.6 is 0 Å². The molecule has 2 aliphatic carbocycles. The molecule has 1 aromatic rings. The Hall–Kier alpha value is -1.35. The molecule has 3 heteroatoms. The van der Waals surface area contributed by atoms with Gasteiger partial charge >= 0.3 is 5.97 Å². The summed E-state index contributed by atoms with van der Waals surface area (Å²) in [5.74, 6) is -0.445. The summed E-state index contributed by atoms with van der Waals surface area (Å²) < 4.78 is 0. The maximum Gasteiger partial charge on any atom is 0.306 e. The lowest BCUT2D eigenvalue weighted by atomic mass is 9.95. The van der Waals surface area contributed by atoms with E-state index in [4.69, 9.17) is 0 Å². The number of hydrogen-bond acceptors (Lipinski definition) is 2. The van der Waals surface area contributed by atoms with Crippen molar-refractivity contribution in [1.82, 2.24) is 5.32 Å². The molecule has 3 rings (SSSR count). The summed E-state index contributed by atoms with van der Waals surface area (Å²) in [4.78, 5) is 11.2. The highest BCUT2D eigenvalue weighted by Gasteiger charge is 2.33. The van der Waals surface area contributed by atoms with E-state index in [1.54, 1.807) is 0 Å². The fourth-order valence-corrected chi connectivity index (χ4v) is 3.83. The van der Waals surface area contributed by atoms with Crippen molar-refractivity contribution in [2.75, 3.05) is 6.54 Å². The summed E-state index contributed by atoms with van der Waals surface area (Å²) in [6.45, 7) is 2.97. The van der Waals surface area contributed by atoms with Crippen LogP contribution < -0.4 is 5.32 Å². The van der Waals surface area contributed by atoms with Crippen LogP contribution in [0.5, 0.6) is 0 Å². The Bertz CT molecular complexity index is 512. The van der Waals surface area contributed by atoms with Crippen molar-refractivity contribution in [2.24, 2.45) is 11.8 Å². The third kappa shape index (κ3) is 2.59. The van der Waals surface area contributed by atoms with Crippen molar-refractivity contribution >= 4 is 5.97 Å². The Morgan fingerprint density at radius 2 is 2.20 bits per heavy atom. The monoisotopic (exact) mass is 273 g/mol. The van der Waals surface area contributed by atoms with Crippen LogP contribution in [-0.2, 0) is 11.2 Å². The Morgan fingerprint density at radius 1 is 1.35 bits per heavy atom. The standard InChI is InChI=1S/C17H23NO2/c1-11-5-6-12-7-8-16(15(12)9-11)18-10-13-3-2-4-14(13)17(19)20/h5-6,9,13-14,16,18H,2-4,7-8,10H2,1H3,(H,19,20). The lowest BCUT2D eigenvalue weighted by Crippen LogP contribution is -2.31. The van der Waals surface area contributed by atoms with Gasteiger partial charge in [0.2, 0.25) is 0 Å². The second-order valence-electron chi connectivity index (χ2n) is 6.34. The summed E-state index contributed by atoms with van der Waals surface area (Å²) in [5.41, 5.74) is 4.19. The van der Waals surface area contributed by atoms with Gasteiger partial charge in [-0.15, -0.1) is 0 Å². The third-order valence-corrected chi connectivity index (χ3v) is 4.98. The number of fused-ring (bicyclic) bond motifs is 1. The molecule has 0 aromatic heterocycles. The highest BCUT2D eigenvalue weighted by atomic mass is 16.4. The predicted octanol–water partition coefficient (Wildman–Crippen LogP) is 3.07. The van der Waals surface area contributed by atoms with E-state index in [2.05, 4.69) is 30.4 Å². The smallest absolute Gasteiger partial charge is 0.306 e. The molecule has 0 radical (unpaired) electrons. The molecule has 1 aromatic carbocycles. The van der Waals surface area contributed by atoms with Gasteiger partial charge in [0, 0.05) is 6.04 Å². The van der Waals surface area contributed by atoms with Gasteiger partial charge in [-0.25, -0.2) is 0 Å². The summed E-state index contributed by atoms with van der Waals surface area (Å²) in [6.07, 6.45) is 5.24. The number of aryl methyl sites for hydroxylation is 2. The van der Waals surface area contributed by atoms with Crippen LogP contribution in [0.1, 0.15) is 48.4 Å². The van der Waals surface area contributed by atoms with E-state index in [-0.39, 0.29) is 5.92 Å². The number of carboxylic acid groups (broad SMARTS) is 1. The van der Waals surface area contributed by atoms with Gasteiger partial charge in [-0.3, -0.25) is 4.79 Å². The van der Waals surface area contributed by atoms with E-state index >= 15 is 0 Å². The summed E-state index contributed by atoms with van der Waals surface area (Å²) in [6, 6.07) is 7.11. The molecule has 2 aliphatic rings. The molecule has 0 aliphatic heterocycles. The number of carboxylic acids is 1. The predicted molar refractivity (Wildman–Crippen MR) is 78.7 cm³/mol. The fourth-order valence-electron chi connectivity index (χ4n) is 3.83. The SMILES string of the molecule is Cc1ccc2c(c1)C(NCC1CCCC1C(=O)O)CC2. The molecular weight excluding hydrogens is 250 g/mol. The lowest BCUT2D eigenvalue weighted by molar-refractivity contribution is -0.142. The summed E-state index contributed by atoms with van der Waals surface area (Å²) in [5, 5.41) is 12.9. The topological polar surface area (TPSA) is 49.3 Å². The molecule has 3 nitrogen and oxygen atoms in total. The minimum Gasteiger partial charge on any atom is -0.481 e. The molecule has 1 fully saturated rings. The van der Waals surface area contributed by atoms with E-state index in [0.717, 1.165) is 38.6 Å².